The molecule has 0 aliphatic heterocycles. The van der Waals surface area contributed by atoms with E-state index in [4.69, 9.17) is 5.73 Å². The van der Waals surface area contributed by atoms with Crippen molar-refractivity contribution < 1.29 is 9.50 Å². The summed E-state index contributed by atoms with van der Waals surface area (Å²) >= 11 is 0. The Morgan fingerprint density at radius 1 is 1.53 bits per heavy atom. The minimum Gasteiger partial charge on any atom is -0.397 e. The Morgan fingerprint density at radius 2 is 2.20 bits per heavy atom. The fourth-order valence-corrected chi connectivity index (χ4v) is 1.20. The summed E-state index contributed by atoms with van der Waals surface area (Å²) in [6.07, 6.45) is 0.722. The first-order valence-corrected chi connectivity index (χ1v) is 4.95. The monoisotopic (exact) mass is 212 g/mol. The summed E-state index contributed by atoms with van der Waals surface area (Å²) in [5.74, 6) is -0.344. The largest absolute Gasteiger partial charge is 0.397 e. The number of nitrogens with one attached hydrogen (secondary N) is 1. The molecule has 1 atom stereocenters. The van der Waals surface area contributed by atoms with E-state index in [2.05, 4.69) is 5.32 Å². The third-order valence-corrected chi connectivity index (χ3v) is 2.58. The Balaban J connectivity index is 2.92. The van der Waals surface area contributed by atoms with Gasteiger partial charge in [0.2, 0.25) is 0 Å². The molecule has 3 nitrogen and oxygen atoms in total. The summed E-state index contributed by atoms with van der Waals surface area (Å²) in [5, 5.41) is 12.3. The quantitative estimate of drug-likeness (QED) is 0.669. The molecule has 84 valence electrons. The summed E-state index contributed by atoms with van der Waals surface area (Å²) in [7, 11) is 0. The van der Waals surface area contributed by atoms with Gasteiger partial charge in [-0.1, -0.05) is 6.92 Å². The van der Waals surface area contributed by atoms with E-state index in [1.807, 2.05) is 13.8 Å². The van der Waals surface area contributed by atoms with Crippen LogP contribution >= 0.6 is 0 Å². The molecule has 0 aliphatic rings. The lowest BCUT2D eigenvalue weighted by atomic mass is 9.99. The summed E-state index contributed by atoms with van der Waals surface area (Å²) in [4.78, 5) is 0. The summed E-state index contributed by atoms with van der Waals surface area (Å²) in [6.45, 7) is 3.77. The second-order valence-electron chi connectivity index (χ2n) is 3.93. The maximum atomic E-state index is 13.0. The van der Waals surface area contributed by atoms with Crippen LogP contribution in [0, 0.1) is 5.82 Å². The van der Waals surface area contributed by atoms with Crippen LogP contribution in [0.1, 0.15) is 20.3 Å². The van der Waals surface area contributed by atoms with Crippen LogP contribution in [-0.4, -0.2) is 17.3 Å². The van der Waals surface area contributed by atoms with Gasteiger partial charge in [-0.05, 0) is 31.5 Å². The third kappa shape index (κ3) is 2.83. The van der Waals surface area contributed by atoms with E-state index in [1.165, 1.54) is 18.2 Å². The third-order valence-electron chi connectivity index (χ3n) is 2.58. The molecule has 0 aliphatic carbocycles. The molecular formula is C11H17FN2O. The van der Waals surface area contributed by atoms with Gasteiger partial charge in [-0.25, -0.2) is 4.39 Å². The lowest BCUT2D eigenvalue weighted by molar-refractivity contribution is 0.219. The second kappa shape index (κ2) is 4.49. The highest BCUT2D eigenvalue weighted by atomic mass is 19.1. The molecule has 0 radical (unpaired) electrons. The molecule has 0 saturated carbocycles. The Labute approximate surface area is 89.1 Å². The standard InChI is InChI=1S/C11H17FN2O/c1-3-11(2,7-15)14-10-6-8(12)4-5-9(10)13/h4-6,14-15H,3,7,13H2,1-2H3. The Kier molecular flexibility index (Phi) is 3.52. The molecule has 4 heteroatoms. The first kappa shape index (κ1) is 11.8. The van der Waals surface area contributed by atoms with Gasteiger partial charge in [-0.3, -0.25) is 0 Å². The number of nitrogens with two attached hydrogens (primary N) is 1. The number of benzene rings is 1. The van der Waals surface area contributed by atoms with Crippen LogP contribution in [0.3, 0.4) is 0 Å². The van der Waals surface area contributed by atoms with Gasteiger partial charge in [0.25, 0.3) is 0 Å². The number of rotatable bonds is 4. The van der Waals surface area contributed by atoms with Crippen LogP contribution in [0.5, 0.6) is 0 Å². The summed E-state index contributed by atoms with van der Waals surface area (Å²) < 4.78 is 13.0. The maximum Gasteiger partial charge on any atom is 0.125 e. The highest BCUT2D eigenvalue weighted by molar-refractivity contribution is 5.66. The SMILES string of the molecule is CCC(C)(CO)Nc1cc(F)ccc1N. The first-order chi connectivity index (χ1) is 7.00. The van der Waals surface area contributed by atoms with E-state index in [0.717, 1.165) is 6.42 Å². The lowest BCUT2D eigenvalue weighted by Gasteiger charge is -2.29. The van der Waals surface area contributed by atoms with Crippen molar-refractivity contribution >= 4 is 11.4 Å². The highest BCUT2D eigenvalue weighted by Gasteiger charge is 2.21. The van der Waals surface area contributed by atoms with Gasteiger partial charge in [0.05, 0.1) is 23.5 Å². The summed E-state index contributed by atoms with van der Waals surface area (Å²) in [6, 6.07) is 4.15. The fourth-order valence-electron chi connectivity index (χ4n) is 1.20. The Hall–Kier alpha value is -1.29. The molecule has 0 saturated heterocycles. The van der Waals surface area contributed by atoms with Crippen LogP contribution in [0.15, 0.2) is 18.2 Å². The molecule has 1 unspecified atom stereocenters. The van der Waals surface area contributed by atoms with Crippen LogP contribution < -0.4 is 11.1 Å². The molecule has 0 amide bonds. The van der Waals surface area contributed by atoms with E-state index < -0.39 is 5.54 Å². The van der Waals surface area contributed by atoms with Crippen LogP contribution in [0.4, 0.5) is 15.8 Å². The van der Waals surface area contributed by atoms with Gasteiger partial charge in [-0.15, -0.1) is 0 Å². The van der Waals surface area contributed by atoms with Crippen molar-refractivity contribution in [2.75, 3.05) is 17.7 Å². The van der Waals surface area contributed by atoms with E-state index in [0.29, 0.717) is 11.4 Å². The fraction of sp³-hybridized carbons (Fsp3) is 0.455. The average molecular weight is 212 g/mol. The molecule has 1 aromatic carbocycles. The van der Waals surface area contributed by atoms with E-state index >= 15 is 0 Å². The van der Waals surface area contributed by atoms with E-state index in [1.54, 1.807) is 0 Å². The number of aliphatic hydroxyl groups excluding tert-OH is 1. The zero-order valence-electron chi connectivity index (χ0n) is 9.05. The zero-order valence-corrected chi connectivity index (χ0v) is 9.05. The number of hydrogen-bond acceptors (Lipinski definition) is 3. The smallest absolute Gasteiger partial charge is 0.125 e. The van der Waals surface area contributed by atoms with Crippen molar-refractivity contribution in [2.24, 2.45) is 0 Å². The van der Waals surface area contributed by atoms with Crippen molar-refractivity contribution in [3.63, 3.8) is 0 Å². The number of aliphatic hydroxyl groups is 1. The molecule has 15 heavy (non-hydrogen) atoms. The predicted molar refractivity (Wildman–Crippen MR) is 60.2 cm³/mol. The first-order valence-electron chi connectivity index (χ1n) is 4.95. The zero-order chi connectivity index (χ0) is 11.5. The summed E-state index contributed by atoms with van der Waals surface area (Å²) in [5.41, 5.74) is 6.22. The van der Waals surface area contributed by atoms with Gasteiger partial charge in [0, 0.05) is 0 Å². The number of hydrogen-bond donors (Lipinski definition) is 3. The average Bonchev–Trinajstić information content (AvgIpc) is 2.23. The van der Waals surface area contributed by atoms with Crippen molar-refractivity contribution in [1.82, 2.24) is 0 Å². The number of nitrogen functional groups attached to an aromatic ring is 1. The lowest BCUT2D eigenvalue weighted by Crippen LogP contribution is -2.38. The van der Waals surface area contributed by atoms with E-state index in [9.17, 15) is 9.50 Å². The second-order valence-corrected chi connectivity index (χ2v) is 3.93. The normalized spacial score (nSPS) is 14.7. The van der Waals surface area contributed by atoms with E-state index in [-0.39, 0.29) is 12.4 Å². The minimum absolute atomic E-state index is 0.0283. The molecule has 0 spiro atoms. The topological polar surface area (TPSA) is 58.3 Å². The highest BCUT2D eigenvalue weighted by Crippen LogP contribution is 2.24. The van der Waals surface area contributed by atoms with Crippen molar-refractivity contribution in [1.29, 1.82) is 0 Å². The van der Waals surface area contributed by atoms with Gasteiger partial charge in [0.1, 0.15) is 5.82 Å². The molecule has 0 aromatic heterocycles. The van der Waals surface area contributed by atoms with Crippen molar-refractivity contribution in [3.8, 4) is 0 Å². The van der Waals surface area contributed by atoms with Crippen LogP contribution in [-0.2, 0) is 0 Å². The molecule has 0 bridgehead atoms. The van der Waals surface area contributed by atoms with Gasteiger partial charge < -0.3 is 16.2 Å². The van der Waals surface area contributed by atoms with Gasteiger partial charge in [-0.2, -0.15) is 0 Å². The maximum absolute atomic E-state index is 13.0. The molecule has 1 rings (SSSR count). The number of anilines is 2. The molecule has 1 aromatic rings. The molecule has 4 N–H and O–H groups in total. The van der Waals surface area contributed by atoms with Gasteiger partial charge in [0.15, 0.2) is 0 Å². The molecule has 0 heterocycles. The van der Waals surface area contributed by atoms with Crippen molar-refractivity contribution in [2.45, 2.75) is 25.8 Å². The van der Waals surface area contributed by atoms with Gasteiger partial charge >= 0.3 is 0 Å². The number of halogens is 1. The minimum atomic E-state index is -0.470. The predicted octanol–water partition coefficient (Wildman–Crippen LogP) is 1.98. The molecule has 0 fully saturated rings. The van der Waals surface area contributed by atoms with Crippen molar-refractivity contribution in [3.05, 3.63) is 24.0 Å². The Morgan fingerprint density at radius 3 is 2.73 bits per heavy atom. The van der Waals surface area contributed by atoms with Crippen LogP contribution in [0.25, 0.3) is 0 Å². The molecular weight excluding hydrogens is 195 g/mol. The van der Waals surface area contributed by atoms with Crippen LogP contribution in [0.2, 0.25) is 0 Å². The Bertz CT molecular complexity index is 337.